The lowest BCUT2D eigenvalue weighted by molar-refractivity contribution is -0.151. The number of aliphatic hydroxyl groups is 3. The van der Waals surface area contributed by atoms with E-state index in [-0.39, 0.29) is 11.3 Å². The summed E-state index contributed by atoms with van der Waals surface area (Å²) < 4.78 is 0. The van der Waals surface area contributed by atoms with Gasteiger partial charge in [0.1, 0.15) is 0 Å². The van der Waals surface area contributed by atoms with Gasteiger partial charge in [-0.15, -0.1) is 0 Å². The highest BCUT2D eigenvalue weighted by molar-refractivity contribution is 5.74. The van der Waals surface area contributed by atoms with E-state index < -0.39 is 29.7 Å². The Morgan fingerprint density at radius 3 is 2.58 bits per heavy atom. The average Bonchev–Trinajstić information content (AvgIpc) is 3.10. The summed E-state index contributed by atoms with van der Waals surface area (Å²) in [7, 11) is 0. The number of carboxylic acids is 1. The van der Waals surface area contributed by atoms with Gasteiger partial charge in [-0.2, -0.15) is 0 Å². The second-order valence-electron chi connectivity index (χ2n) is 11.4. The lowest BCUT2D eigenvalue weighted by Crippen LogP contribution is -2.37. The first kappa shape index (κ1) is 25.9. The lowest BCUT2D eigenvalue weighted by Gasteiger charge is -2.44. The Morgan fingerprint density at radius 2 is 1.91 bits per heavy atom. The fourth-order valence-corrected chi connectivity index (χ4v) is 6.39. The van der Waals surface area contributed by atoms with Crippen molar-refractivity contribution in [2.75, 3.05) is 0 Å². The molecule has 0 bridgehead atoms. The first-order valence-electron chi connectivity index (χ1n) is 12.4. The monoisotopic (exact) mass is 458 g/mol. The number of rotatable bonds is 6. The average molecular weight is 459 g/mol. The molecule has 0 radical (unpaired) electrons. The van der Waals surface area contributed by atoms with Crippen LogP contribution >= 0.6 is 0 Å². The number of hydrogen-bond donors (Lipinski definition) is 4. The Hall–Kier alpha value is -1.69. The van der Waals surface area contributed by atoms with Crippen LogP contribution in [0.3, 0.4) is 0 Å². The molecule has 0 spiro atoms. The number of aliphatic carboxylic acids is 1. The topological polar surface area (TPSA) is 98.0 Å². The molecule has 7 atom stereocenters. The molecule has 0 saturated heterocycles. The van der Waals surface area contributed by atoms with Crippen molar-refractivity contribution in [3.8, 4) is 0 Å². The summed E-state index contributed by atoms with van der Waals surface area (Å²) in [6.45, 7) is 11.7. The molecule has 3 aliphatic carbocycles. The van der Waals surface area contributed by atoms with E-state index >= 15 is 0 Å². The van der Waals surface area contributed by atoms with Crippen molar-refractivity contribution < 1.29 is 25.2 Å². The molecule has 184 valence electrons. The Bertz CT molecular complexity index is 850. The van der Waals surface area contributed by atoms with Crippen molar-refractivity contribution in [2.24, 2.45) is 28.6 Å². The molecule has 3 aliphatic rings. The number of aliphatic hydroxyl groups excluding tert-OH is 3. The minimum Gasteiger partial charge on any atom is -0.481 e. The Morgan fingerprint density at radius 1 is 1.21 bits per heavy atom. The number of carbonyl (C=O) groups is 1. The van der Waals surface area contributed by atoms with E-state index in [2.05, 4.69) is 32.6 Å². The molecule has 3 saturated carbocycles. The van der Waals surface area contributed by atoms with Crippen molar-refractivity contribution in [1.82, 2.24) is 0 Å². The van der Waals surface area contributed by atoms with Crippen LogP contribution in [0.25, 0.3) is 0 Å². The van der Waals surface area contributed by atoms with Gasteiger partial charge in [0.2, 0.25) is 0 Å². The molecule has 0 aromatic carbocycles. The number of allylic oxidation sites excluding steroid dienone is 4. The second kappa shape index (κ2) is 9.89. The van der Waals surface area contributed by atoms with Crippen LogP contribution in [0.1, 0.15) is 72.6 Å². The van der Waals surface area contributed by atoms with Crippen LogP contribution in [0.2, 0.25) is 0 Å². The molecule has 0 aromatic heterocycles. The molecule has 3 rings (SSSR count). The molecular formula is C28H42O5. The summed E-state index contributed by atoms with van der Waals surface area (Å²) in [5, 5.41) is 39.9. The summed E-state index contributed by atoms with van der Waals surface area (Å²) in [5.74, 6) is 0.219. The normalized spacial score (nSPS) is 37.5. The van der Waals surface area contributed by atoms with Gasteiger partial charge in [0.25, 0.3) is 0 Å². The number of carboxylic acid groups (broad SMARTS) is 1. The van der Waals surface area contributed by atoms with Crippen LogP contribution in [-0.2, 0) is 4.79 Å². The van der Waals surface area contributed by atoms with Crippen LogP contribution in [0, 0.1) is 28.6 Å². The van der Waals surface area contributed by atoms with E-state index in [4.69, 9.17) is 0 Å². The highest BCUT2D eigenvalue weighted by atomic mass is 16.4. The molecular weight excluding hydrogens is 416 g/mol. The molecule has 5 heteroatoms. The van der Waals surface area contributed by atoms with Crippen LogP contribution < -0.4 is 0 Å². The third-order valence-electron chi connectivity index (χ3n) is 8.82. The number of hydrogen-bond acceptors (Lipinski definition) is 4. The zero-order chi connectivity index (χ0) is 24.6. The first-order chi connectivity index (χ1) is 15.4. The van der Waals surface area contributed by atoms with Gasteiger partial charge in [0.15, 0.2) is 0 Å². The van der Waals surface area contributed by atoms with E-state index in [9.17, 15) is 25.2 Å². The quantitative estimate of drug-likeness (QED) is 0.429. The van der Waals surface area contributed by atoms with Gasteiger partial charge >= 0.3 is 5.97 Å². The van der Waals surface area contributed by atoms with Crippen LogP contribution in [0.4, 0.5) is 0 Å². The maximum absolute atomic E-state index is 11.4. The van der Waals surface area contributed by atoms with Gasteiger partial charge in [0.05, 0.1) is 23.7 Å². The summed E-state index contributed by atoms with van der Waals surface area (Å²) in [4.78, 5) is 11.4. The lowest BCUT2D eigenvalue weighted by atomic mass is 9.61. The van der Waals surface area contributed by atoms with Crippen LogP contribution in [-0.4, -0.2) is 44.7 Å². The summed E-state index contributed by atoms with van der Waals surface area (Å²) in [6, 6.07) is 0. The third kappa shape index (κ3) is 5.21. The summed E-state index contributed by atoms with van der Waals surface area (Å²) in [6.07, 6.45) is 12.3. The van der Waals surface area contributed by atoms with E-state index in [1.807, 2.05) is 6.08 Å². The summed E-state index contributed by atoms with van der Waals surface area (Å²) >= 11 is 0. The smallest absolute Gasteiger partial charge is 0.312 e. The molecule has 0 heterocycles. The molecule has 0 unspecified atom stereocenters. The minimum atomic E-state index is -1.21. The molecule has 0 aromatic rings. The fraction of sp³-hybridized carbons (Fsp3) is 0.679. The summed E-state index contributed by atoms with van der Waals surface area (Å²) in [5.41, 5.74) is 2.08. The Kier molecular flexibility index (Phi) is 7.77. The first-order valence-corrected chi connectivity index (χ1v) is 12.4. The van der Waals surface area contributed by atoms with Gasteiger partial charge in [-0.25, -0.2) is 0 Å². The van der Waals surface area contributed by atoms with Crippen LogP contribution in [0.5, 0.6) is 0 Å². The molecule has 0 amide bonds. The maximum atomic E-state index is 11.4. The Labute approximate surface area is 198 Å². The van der Waals surface area contributed by atoms with Crippen LogP contribution in [0.15, 0.2) is 47.6 Å². The van der Waals surface area contributed by atoms with Gasteiger partial charge in [-0.3, -0.25) is 4.79 Å². The highest BCUT2D eigenvalue weighted by Gasteiger charge is 2.50. The van der Waals surface area contributed by atoms with E-state index in [0.29, 0.717) is 24.7 Å². The highest BCUT2D eigenvalue weighted by Crippen LogP contribution is 2.59. The fourth-order valence-electron chi connectivity index (χ4n) is 6.39. The van der Waals surface area contributed by atoms with Gasteiger partial charge < -0.3 is 20.4 Å². The van der Waals surface area contributed by atoms with Crippen molar-refractivity contribution in [1.29, 1.82) is 0 Å². The standard InChI is InChI=1S/C28H42O5/c1-17(8-13-25(31)27(3,4)26(32)33)22-11-12-23-19(7-6-14-28(22,23)5)9-10-20-15-21(29)16-24(30)18(20)2/h8-10,13,17,21-25,29-31H,2,6-7,11-12,14-16H2,1,3-5H3,(H,32,33)/b13-8+,19-9+,20-10-/t17-,21-,22-,23+,24+,25-,28-/m1/s1. The molecule has 5 nitrogen and oxygen atoms in total. The van der Waals surface area contributed by atoms with E-state index in [1.165, 1.54) is 12.0 Å². The van der Waals surface area contributed by atoms with E-state index in [1.54, 1.807) is 19.9 Å². The van der Waals surface area contributed by atoms with Crippen molar-refractivity contribution in [2.45, 2.75) is 91.0 Å². The van der Waals surface area contributed by atoms with Gasteiger partial charge in [0, 0.05) is 6.42 Å². The third-order valence-corrected chi connectivity index (χ3v) is 8.82. The molecule has 33 heavy (non-hydrogen) atoms. The zero-order valence-corrected chi connectivity index (χ0v) is 20.6. The maximum Gasteiger partial charge on any atom is 0.312 e. The molecule has 4 N–H and O–H groups in total. The van der Waals surface area contributed by atoms with Gasteiger partial charge in [-0.05, 0) is 86.7 Å². The van der Waals surface area contributed by atoms with Crippen molar-refractivity contribution in [3.05, 3.63) is 47.6 Å². The largest absolute Gasteiger partial charge is 0.481 e. The molecule has 3 fully saturated rings. The predicted molar refractivity (Wildman–Crippen MR) is 130 cm³/mol. The van der Waals surface area contributed by atoms with Crippen molar-refractivity contribution >= 4 is 5.97 Å². The van der Waals surface area contributed by atoms with E-state index in [0.717, 1.165) is 36.8 Å². The zero-order valence-electron chi connectivity index (χ0n) is 20.6. The molecule has 0 aliphatic heterocycles. The van der Waals surface area contributed by atoms with Gasteiger partial charge in [-0.1, -0.05) is 50.3 Å². The second-order valence-corrected chi connectivity index (χ2v) is 11.4. The van der Waals surface area contributed by atoms with Crippen molar-refractivity contribution in [3.63, 3.8) is 0 Å². The minimum absolute atomic E-state index is 0.169. The predicted octanol–water partition coefficient (Wildman–Crippen LogP) is 4.79. The SMILES string of the molecule is C=C1/C(=C\C=C2/CCC[C@]3(C)[C@@H]([C@H](C)/C=C/[C@@H](O)C(C)(C)C(=O)O)CC[C@@H]23)C[C@@H](O)C[C@@H]1O. The number of fused-ring (bicyclic) bond motifs is 1. The Balaban J connectivity index is 1.76.